The predicted octanol–water partition coefficient (Wildman–Crippen LogP) is 4.90. The normalized spacial score (nSPS) is 10.8. The van der Waals surface area contributed by atoms with Gasteiger partial charge >= 0.3 is 0 Å². The Hall–Kier alpha value is -3.42. The summed E-state index contributed by atoms with van der Waals surface area (Å²) >= 11 is 12.3. The maximum Gasteiger partial charge on any atom is 0.229 e. The van der Waals surface area contributed by atoms with Gasteiger partial charge in [-0.15, -0.1) is 0 Å². The minimum absolute atomic E-state index is 0.0183. The van der Waals surface area contributed by atoms with Crippen LogP contribution in [0.3, 0.4) is 0 Å². The zero-order chi connectivity index (χ0) is 22.0. The van der Waals surface area contributed by atoms with Crippen LogP contribution in [-0.4, -0.2) is 26.4 Å². The van der Waals surface area contributed by atoms with E-state index in [-0.39, 0.29) is 18.2 Å². The number of amides is 2. The van der Waals surface area contributed by atoms with Crippen LogP contribution in [0.1, 0.15) is 12.5 Å². The molecular formula is C22H17Cl2N5O2. The Balaban J connectivity index is 1.58. The predicted molar refractivity (Wildman–Crippen MR) is 121 cm³/mol. The molecule has 1 N–H and O–H groups in total. The molecule has 0 fully saturated rings. The maximum absolute atomic E-state index is 12.5. The summed E-state index contributed by atoms with van der Waals surface area (Å²) in [5, 5.41) is 7.82. The Kier molecular flexibility index (Phi) is 5.88. The molecule has 3 aromatic heterocycles. The van der Waals surface area contributed by atoms with Crippen molar-refractivity contribution in [2.45, 2.75) is 13.3 Å². The number of rotatable bonds is 5. The number of benzene rings is 1. The van der Waals surface area contributed by atoms with E-state index in [4.69, 9.17) is 23.2 Å². The number of pyridine rings is 2. The molecule has 0 aliphatic heterocycles. The Morgan fingerprint density at radius 2 is 1.84 bits per heavy atom. The van der Waals surface area contributed by atoms with Crippen molar-refractivity contribution >= 4 is 57.7 Å². The molecule has 3 heterocycles. The van der Waals surface area contributed by atoms with Gasteiger partial charge in [0.1, 0.15) is 5.82 Å². The third-order valence-corrected chi connectivity index (χ3v) is 5.32. The SMILES string of the molecule is CC(=O)N(c1ccn2nccc2c1)c1cc(NC(=O)Cc2c(Cl)cccc2Cl)ccn1. The van der Waals surface area contributed by atoms with Crippen LogP contribution in [-0.2, 0) is 16.0 Å². The fourth-order valence-corrected chi connectivity index (χ4v) is 3.74. The summed E-state index contributed by atoms with van der Waals surface area (Å²) in [7, 11) is 0. The number of hydrogen-bond donors (Lipinski definition) is 1. The maximum atomic E-state index is 12.5. The van der Waals surface area contributed by atoms with Gasteiger partial charge in [-0.1, -0.05) is 29.3 Å². The van der Waals surface area contributed by atoms with Crippen molar-refractivity contribution in [3.8, 4) is 0 Å². The van der Waals surface area contributed by atoms with Crippen molar-refractivity contribution in [2.24, 2.45) is 0 Å². The molecular weight excluding hydrogens is 437 g/mol. The molecule has 0 bridgehead atoms. The first-order valence-electron chi connectivity index (χ1n) is 9.35. The van der Waals surface area contributed by atoms with Gasteiger partial charge in [0.15, 0.2) is 0 Å². The molecule has 9 heteroatoms. The van der Waals surface area contributed by atoms with E-state index < -0.39 is 0 Å². The summed E-state index contributed by atoms with van der Waals surface area (Å²) in [5.41, 5.74) is 2.52. The Bertz CT molecular complexity index is 1270. The summed E-state index contributed by atoms with van der Waals surface area (Å²) in [6, 6.07) is 13.8. The fourth-order valence-electron chi connectivity index (χ4n) is 3.21. The molecule has 0 aliphatic rings. The Morgan fingerprint density at radius 1 is 1.06 bits per heavy atom. The molecule has 2 amide bonds. The van der Waals surface area contributed by atoms with Crippen molar-refractivity contribution < 1.29 is 9.59 Å². The van der Waals surface area contributed by atoms with E-state index in [2.05, 4.69) is 15.4 Å². The number of halogens is 2. The van der Waals surface area contributed by atoms with Crippen molar-refractivity contribution in [1.82, 2.24) is 14.6 Å². The molecule has 0 spiro atoms. The number of aromatic nitrogens is 3. The van der Waals surface area contributed by atoms with Crippen LogP contribution in [0, 0.1) is 0 Å². The number of fused-ring (bicyclic) bond motifs is 1. The number of hydrogen-bond acceptors (Lipinski definition) is 4. The van der Waals surface area contributed by atoms with Crippen LogP contribution in [0.4, 0.5) is 17.2 Å². The Labute approximate surface area is 188 Å². The van der Waals surface area contributed by atoms with E-state index in [0.717, 1.165) is 5.52 Å². The van der Waals surface area contributed by atoms with Gasteiger partial charge in [-0.2, -0.15) is 5.10 Å². The standard InChI is InChI=1S/C22H17Cl2N5O2/c1-14(30)29(17-7-10-28-16(12-17)6-9-26-28)21-11-15(5-8-25-21)27-22(31)13-18-19(23)3-2-4-20(18)24/h2-12H,13H2,1H3,(H,25,27,31). The minimum atomic E-state index is -0.290. The molecule has 0 aliphatic carbocycles. The smallest absolute Gasteiger partial charge is 0.229 e. The second-order valence-electron chi connectivity index (χ2n) is 6.77. The molecule has 0 atom stereocenters. The summed E-state index contributed by atoms with van der Waals surface area (Å²) < 4.78 is 1.70. The Morgan fingerprint density at radius 3 is 2.58 bits per heavy atom. The van der Waals surface area contributed by atoms with E-state index in [1.807, 2.05) is 12.1 Å². The van der Waals surface area contributed by atoms with Crippen LogP contribution < -0.4 is 10.2 Å². The lowest BCUT2D eigenvalue weighted by atomic mass is 10.1. The van der Waals surface area contributed by atoms with Gasteiger partial charge in [-0.05, 0) is 42.0 Å². The zero-order valence-electron chi connectivity index (χ0n) is 16.4. The first-order valence-corrected chi connectivity index (χ1v) is 10.1. The van der Waals surface area contributed by atoms with E-state index in [1.54, 1.807) is 53.3 Å². The number of carbonyl (C=O) groups excluding carboxylic acids is 2. The van der Waals surface area contributed by atoms with Crippen LogP contribution in [0.5, 0.6) is 0 Å². The van der Waals surface area contributed by atoms with E-state index in [9.17, 15) is 9.59 Å². The summed E-state index contributed by atoms with van der Waals surface area (Å²) in [5.74, 6) is -0.130. The molecule has 4 aromatic rings. The lowest BCUT2D eigenvalue weighted by Crippen LogP contribution is -2.24. The molecule has 4 rings (SSSR count). The highest BCUT2D eigenvalue weighted by Crippen LogP contribution is 2.28. The van der Waals surface area contributed by atoms with Gasteiger partial charge in [0.2, 0.25) is 11.8 Å². The van der Waals surface area contributed by atoms with Crippen LogP contribution in [0.25, 0.3) is 5.52 Å². The van der Waals surface area contributed by atoms with Crippen LogP contribution in [0.2, 0.25) is 10.0 Å². The van der Waals surface area contributed by atoms with Gasteiger partial charge in [0, 0.05) is 47.3 Å². The summed E-state index contributed by atoms with van der Waals surface area (Å²) in [6.07, 6.45) is 4.99. The third-order valence-electron chi connectivity index (χ3n) is 4.61. The topological polar surface area (TPSA) is 79.6 Å². The monoisotopic (exact) mass is 453 g/mol. The molecule has 0 saturated heterocycles. The molecule has 0 unspecified atom stereocenters. The highest BCUT2D eigenvalue weighted by molar-refractivity contribution is 6.36. The number of carbonyl (C=O) groups is 2. The average molecular weight is 454 g/mol. The lowest BCUT2D eigenvalue weighted by molar-refractivity contribution is -0.116. The summed E-state index contributed by atoms with van der Waals surface area (Å²) in [4.78, 5) is 30.7. The average Bonchev–Trinajstić information content (AvgIpc) is 3.19. The fraction of sp³-hybridized carbons (Fsp3) is 0.0909. The van der Waals surface area contributed by atoms with Crippen LogP contribution in [0.15, 0.2) is 67.1 Å². The van der Waals surface area contributed by atoms with Gasteiger partial charge in [0.25, 0.3) is 0 Å². The molecule has 1 aromatic carbocycles. The zero-order valence-corrected chi connectivity index (χ0v) is 17.9. The van der Waals surface area contributed by atoms with Gasteiger partial charge in [0.05, 0.1) is 17.6 Å². The number of nitrogens with zero attached hydrogens (tertiary/aromatic N) is 4. The van der Waals surface area contributed by atoms with E-state index in [0.29, 0.717) is 32.8 Å². The second-order valence-corrected chi connectivity index (χ2v) is 7.58. The molecule has 0 saturated carbocycles. The van der Waals surface area contributed by atoms with E-state index >= 15 is 0 Å². The molecule has 7 nitrogen and oxygen atoms in total. The number of nitrogens with one attached hydrogen (secondary N) is 1. The molecule has 31 heavy (non-hydrogen) atoms. The highest BCUT2D eigenvalue weighted by atomic mass is 35.5. The highest BCUT2D eigenvalue weighted by Gasteiger charge is 2.18. The van der Waals surface area contributed by atoms with Crippen molar-refractivity contribution in [1.29, 1.82) is 0 Å². The molecule has 0 radical (unpaired) electrons. The number of anilines is 3. The first kappa shape index (κ1) is 20.8. The quantitative estimate of drug-likeness (QED) is 0.465. The van der Waals surface area contributed by atoms with E-state index in [1.165, 1.54) is 18.0 Å². The first-order chi connectivity index (χ1) is 14.9. The van der Waals surface area contributed by atoms with Crippen molar-refractivity contribution in [2.75, 3.05) is 10.2 Å². The van der Waals surface area contributed by atoms with Crippen LogP contribution >= 0.6 is 23.2 Å². The largest absolute Gasteiger partial charge is 0.326 e. The summed E-state index contributed by atoms with van der Waals surface area (Å²) in [6.45, 7) is 1.45. The van der Waals surface area contributed by atoms with Crippen molar-refractivity contribution in [3.05, 3.63) is 82.7 Å². The minimum Gasteiger partial charge on any atom is -0.326 e. The molecule has 156 valence electrons. The van der Waals surface area contributed by atoms with Gasteiger partial charge < -0.3 is 5.32 Å². The van der Waals surface area contributed by atoms with Gasteiger partial charge in [-0.3, -0.25) is 14.5 Å². The lowest BCUT2D eigenvalue weighted by Gasteiger charge is -2.21. The van der Waals surface area contributed by atoms with Crippen molar-refractivity contribution in [3.63, 3.8) is 0 Å². The van der Waals surface area contributed by atoms with Gasteiger partial charge in [-0.25, -0.2) is 9.50 Å². The second kappa shape index (κ2) is 8.75. The third kappa shape index (κ3) is 4.52.